The van der Waals surface area contributed by atoms with Gasteiger partial charge in [-0.3, -0.25) is 10.1 Å². The van der Waals surface area contributed by atoms with Gasteiger partial charge in [0.25, 0.3) is 0 Å². The van der Waals surface area contributed by atoms with E-state index in [9.17, 15) is 18.5 Å². The molecule has 0 amide bonds. The number of sulfonamides is 1. The Kier molecular flexibility index (Phi) is 4.76. The van der Waals surface area contributed by atoms with Gasteiger partial charge in [-0.15, -0.1) is 0 Å². The first kappa shape index (κ1) is 15.7. The van der Waals surface area contributed by atoms with E-state index in [2.05, 4.69) is 5.32 Å². The monoisotopic (exact) mass is 315 g/mol. The Morgan fingerprint density at radius 2 is 2.19 bits per heavy atom. The molecular weight excluding hydrogens is 298 g/mol. The molecule has 0 aliphatic carbocycles. The normalized spacial score (nSPS) is 19.2. The second-order valence-corrected chi connectivity index (χ2v) is 6.45. The zero-order valence-corrected chi connectivity index (χ0v) is 12.1. The van der Waals surface area contributed by atoms with Crippen LogP contribution in [0.1, 0.15) is 19.3 Å². The molecule has 116 valence electrons. The molecule has 9 heteroatoms. The number of nitrogens with zero attached hydrogens (tertiary/aromatic N) is 1. The van der Waals surface area contributed by atoms with Crippen molar-refractivity contribution in [3.63, 3.8) is 0 Å². The number of hydrogen-bond acceptors (Lipinski definition) is 6. The Balaban J connectivity index is 2.16. The number of rotatable bonds is 5. The van der Waals surface area contributed by atoms with Gasteiger partial charge in [-0.1, -0.05) is 6.42 Å². The molecule has 2 rings (SSSR count). The Morgan fingerprint density at radius 3 is 2.76 bits per heavy atom. The minimum absolute atomic E-state index is 0.0415. The lowest BCUT2D eigenvalue weighted by atomic mass is 10.1. The van der Waals surface area contributed by atoms with Crippen LogP contribution < -0.4 is 15.2 Å². The lowest BCUT2D eigenvalue weighted by molar-refractivity contribution is -0.386. The van der Waals surface area contributed by atoms with Crippen LogP contribution >= 0.6 is 0 Å². The van der Waals surface area contributed by atoms with Gasteiger partial charge in [0, 0.05) is 12.1 Å². The maximum Gasteiger partial charge on any atom is 0.312 e. The van der Waals surface area contributed by atoms with Crippen molar-refractivity contribution < 1.29 is 18.1 Å². The first-order valence-corrected chi connectivity index (χ1v) is 8.10. The Morgan fingerprint density at radius 1 is 1.43 bits per heavy atom. The van der Waals surface area contributed by atoms with Gasteiger partial charge in [0.05, 0.1) is 9.82 Å². The molecule has 1 aromatic rings. The molecule has 3 N–H and O–H groups in total. The Bertz CT molecular complexity index is 626. The maximum atomic E-state index is 11.2. The quantitative estimate of drug-likeness (QED) is 0.610. The Hall–Kier alpha value is -1.71. The molecule has 1 aliphatic heterocycles. The summed E-state index contributed by atoms with van der Waals surface area (Å²) in [6, 6.07) is 3.53. The predicted molar refractivity (Wildman–Crippen MR) is 75.6 cm³/mol. The highest BCUT2D eigenvalue weighted by molar-refractivity contribution is 7.89. The summed E-state index contributed by atoms with van der Waals surface area (Å²) in [6.07, 6.45) is 3.15. The Labute approximate surface area is 122 Å². The number of ether oxygens (including phenoxy) is 1. The predicted octanol–water partition coefficient (Wildman–Crippen LogP) is 0.763. The topological polar surface area (TPSA) is 125 Å². The minimum atomic E-state index is -3.98. The van der Waals surface area contributed by atoms with Crippen molar-refractivity contribution in [2.45, 2.75) is 30.2 Å². The summed E-state index contributed by atoms with van der Waals surface area (Å²) >= 11 is 0. The van der Waals surface area contributed by atoms with Gasteiger partial charge >= 0.3 is 5.69 Å². The van der Waals surface area contributed by atoms with Crippen LogP contribution in [0.15, 0.2) is 23.1 Å². The summed E-state index contributed by atoms with van der Waals surface area (Å²) in [5, 5.41) is 19.3. The third-order valence-electron chi connectivity index (χ3n) is 3.31. The van der Waals surface area contributed by atoms with Crippen LogP contribution in [0.4, 0.5) is 5.69 Å². The number of nitro groups is 1. The number of nitrogens with one attached hydrogen (secondary N) is 1. The maximum absolute atomic E-state index is 11.2. The van der Waals surface area contributed by atoms with E-state index in [-0.39, 0.29) is 16.7 Å². The van der Waals surface area contributed by atoms with E-state index in [1.54, 1.807) is 0 Å². The number of nitrogens with two attached hydrogens (primary N) is 1. The molecule has 1 aromatic carbocycles. The number of nitro benzene ring substituents is 1. The largest absolute Gasteiger partial charge is 0.485 e. The van der Waals surface area contributed by atoms with E-state index in [0.717, 1.165) is 31.9 Å². The molecule has 0 radical (unpaired) electrons. The molecule has 21 heavy (non-hydrogen) atoms. The summed E-state index contributed by atoms with van der Waals surface area (Å²) in [4.78, 5) is 10.0. The first-order chi connectivity index (χ1) is 9.88. The molecule has 1 unspecified atom stereocenters. The van der Waals surface area contributed by atoms with E-state index in [1.807, 2.05) is 0 Å². The number of hydrogen-bond donors (Lipinski definition) is 2. The highest BCUT2D eigenvalue weighted by Gasteiger charge is 2.21. The molecular formula is C12H17N3O5S. The fourth-order valence-electron chi connectivity index (χ4n) is 2.20. The van der Waals surface area contributed by atoms with Crippen LogP contribution in [0.2, 0.25) is 0 Å². The zero-order chi connectivity index (χ0) is 15.5. The number of primary sulfonamides is 1. The van der Waals surface area contributed by atoms with Crippen molar-refractivity contribution >= 4 is 15.7 Å². The molecule has 1 saturated heterocycles. The van der Waals surface area contributed by atoms with Gasteiger partial charge in [0.15, 0.2) is 5.75 Å². The third-order valence-corrected chi connectivity index (χ3v) is 4.22. The van der Waals surface area contributed by atoms with Gasteiger partial charge in [-0.2, -0.15) is 0 Å². The smallest absolute Gasteiger partial charge is 0.312 e. The van der Waals surface area contributed by atoms with E-state index in [0.29, 0.717) is 6.61 Å². The molecule has 1 aliphatic rings. The molecule has 1 fully saturated rings. The molecule has 0 saturated carbocycles. The molecule has 8 nitrogen and oxygen atoms in total. The average molecular weight is 315 g/mol. The first-order valence-electron chi connectivity index (χ1n) is 6.55. The van der Waals surface area contributed by atoms with Gasteiger partial charge in [0.2, 0.25) is 10.0 Å². The van der Waals surface area contributed by atoms with Crippen LogP contribution in [0.3, 0.4) is 0 Å². The van der Waals surface area contributed by atoms with Crippen LogP contribution in [0.5, 0.6) is 5.75 Å². The molecule has 1 heterocycles. The van der Waals surface area contributed by atoms with Crippen LogP contribution in [-0.2, 0) is 10.0 Å². The fourth-order valence-corrected chi connectivity index (χ4v) is 2.73. The lowest BCUT2D eigenvalue weighted by Crippen LogP contribution is -2.38. The fraction of sp³-hybridized carbons (Fsp3) is 0.500. The van der Waals surface area contributed by atoms with Gasteiger partial charge in [-0.25, -0.2) is 13.6 Å². The van der Waals surface area contributed by atoms with Crippen LogP contribution in [0.25, 0.3) is 0 Å². The van der Waals surface area contributed by atoms with Crippen molar-refractivity contribution in [3.8, 4) is 5.75 Å². The number of piperidine rings is 1. The van der Waals surface area contributed by atoms with Crippen LogP contribution in [0, 0.1) is 10.1 Å². The van der Waals surface area contributed by atoms with Gasteiger partial charge in [-0.05, 0) is 31.5 Å². The van der Waals surface area contributed by atoms with E-state index < -0.39 is 20.6 Å². The van der Waals surface area contributed by atoms with Crippen molar-refractivity contribution in [2.24, 2.45) is 5.14 Å². The third kappa shape index (κ3) is 4.13. The average Bonchev–Trinajstić information content (AvgIpc) is 2.45. The standard InChI is InChI=1S/C12H17N3O5S/c13-21(18,19)10-4-5-12(11(7-10)15(16)17)20-8-9-3-1-2-6-14-9/h4-5,7,9,14H,1-3,6,8H2,(H2,13,18,19). The summed E-state index contributed by atoms with van der Waals surface area (Å²) in [5.41, 5.74) is -0.405. The number of benzene rings is 1. The van der Waals surface area contributed by atoms with Crippen molar-refractivity contribution in [1.29, 1.82) is 0 Å². The van der Waals surface area contributed by atoms with Crippen molar-refractivity contribution in [2.75, 3.05) is 13.2 Å². The molecule has 0 spiro atoms. The molecule has 0 bridgehead atoms. The second kappa shape index (κ2) is 6.37. The van der Waals surface area contributed by atoms with E-state index in [4.69, 9.17) is 9.88 Å². The highest BCUT2D eigenvalue weighted by Crippen LogP contribution is 2.29. The van der Waals surface area contributed by atoms with Crippen molar-refractivity contribution in [1.82, 2.24) is 5.32 Å². The summed E-state index contributed by atoms with van der Waals surface area (Å²) in [7, 11) is -3.98. The summed E-state index contributed by atoms with van der Waals surface area (Å²) < 4.78 is 27.9. The van der Waals surface area contributed by atoms with Crippen LogP contribution in [-0.4, -0.2) is 32.5 Å². The SMILES string of the molecule is NS(=O)(=O)c1ccc(OCC2CCCCN2)c([N+](=O)[O-])c1. The highest BCUT2D eigenvalue weighted by atomic mass is 32.2. The second-order valence-electron chi connectivity index (χ2n) is 4.89. The van der Waals surface area contributed by atoms with Gasteiger partial charge in [0.1, 0.15) is 6.61 Å². The summed E-state index contributed by atoms with van der Waals surface area (Å²) in [6.45, 7) is 1.20. The molecule has 1 atom stereocenters. The molecule has 0 aromatic heterocycles. The van der Waals surface area contributed by atoms with Crippen molar-refractivity contribution in [3.05, 3.63) is 28.3 Å². The van der Waals surface area contributed by atoms with E-state index >= 15 is 0 Å². The lowest BCUT2D eigenvalue weighted by Gasteiger charge is -2.23. The zero-order valence-electron chi connectivity index (χ0n) is 11.3. The summed E-state index contributed by atoms with van der Waals surface area (Å²) in [5.74, 6) is 0.0415. The minimum Gasteiger partial charge on any atom is -0.485 e. The van der Waals surface area contributed by atoms with Gasteiger partial charge < -0.3 is 10.1 Å². The van der Waals surface area contributed by atoms with E-state index in [1.165, 1.54) is 12.1 Å².